The van der Waals surface area contributed by atoms with E-state index < -0.39 is 0 Å². The van der Waals surface area contributed by atoms with Gasteiger partial charge in [0.25, 0.3) is 0 Å². The van der Waals surface area contributed by atoms with E-state index in [2.05, 4.69) is 39.8 Å². The van der Waals surface area contributed by atoms with E-state index in [1.165, 1.54) is 0 Å². The summed E-state index contributed by atoms with van der Waals surface area (Å²) in [6.45, 7) is 10.00. The molecule has 0 bridgehead atoms. The fraction of sp³-hybridized carbons (Fsp3) is 0.429. The van der Waals surface area contributed by atoms with E-state index in [4.69, 9.17) is 18.9 Å². The first-order valence-corrected chi connectivity index (χ1v) is 9.04. The average molecular weight is 340 g/mol. The maximum absolute atomic E-state index is 5.75. The molecule has 4 nitrogen and oxygen atoms in total. The van der Waals surface area contributed by atoms with Gasteiger partial charge in [0.15, 0.2) is 23.0 Å². The smallest absolute Gasteiger partial charge is 0.212 e. The molecule has 2 aromatic carbocycles. The highest BCUT2D eigenvalue weighted by molar-refractivity contribution is 5.74. The van der Waals surface area contributed by atoms with E-state index in [9.17, 15) is 0 Å². The molecule has 25 heavy (non-hydrogen) atoms. The zero-order valence-electron chi connectivity index (χ0n) is 15.3. The minimum atomic E-state index is -0.215. The molecular formula is C21H24O4. The highest BCUT2D eigenvalue weighted by Gasteiger charge is 2.42. The molecule has 4 heteroatoms. The van der Waals surface area contributed by atoms with Crippen LogP contribution in [0, 0.1) is 0 Å². The number of benzene rings is 2. The fourth-order valence-electron chi connectivity index (χ4n) is 3.23. The maximum atomic E-state index is 5.75. The van der Waals surface area contributed by atoms with Crippen molar-refractivity contribution in [2.75, 3.05) is 13.2 Å². The van der Waals surface area contributed by atoms with Crippen molar-refractivity contribution >= 4 is 0 Å². The van der Waals surface area contributed by atoms with Crippen LogP contribution in [-0.4, -0.2) is 13.2 Å². The zero-order chi connectivity index (χ0) is 17.6. The van der Waals surface area contributed by atoms with Gasteiger partial charge in [-0.05, 0) is 25.0 Å². The van der Waals surface area contributed by atoms with Gasteiger partial charge in [-0.1, -0.05) is 39.8 Å². The van der Waals surface area contributed by atoms with Gasteiger partial charge in [-0.2, -0.15) is 0 Å². The molecular weight excluding hydrogens is 316 g/mol. The maximum Gasteiger partial charge on any atom is 0.212 e. The monoisotopic (exact) mass is 340 g/mol. The van der Waals surface area contributed by atoms with E-state index >= 15 is 0 Å². The van der Waals surface area contributed by atoms with Crippen molar-refractivity contribution in [2.45, 2.75) is 46.0 Å². The summed E-state index contributed by atoms with van der Waals surface area (Å²) in [5.41, 5.74) is 2.10. The Kier molecular flexibility index (Phi) is 3.78. The highest BCUT2D eigenvalue weighted by atomic mass is 16.6. The van der Waals surface area contributed by atoms with Gasteiger partial charge < -0.3 is 18.9 Å². The van der Waals surface area contributed by atoms with Crippen LogP contribution in [0.1, 0.15) is 51.7 Å². The molecule has 0 amide bonds. The molecule has 2 heterocycles. The lowest BCUT2D eigenvalue weighted by Crippen LogP contribution is -2.17. The summed E-state index contributed by atoms with van der Waals surface area (Å²) in [5, 5.41) is 0. The van der Waals surface area contributed by atoms with Crippen molar-refractivity contribution < 1.29 is 18.9 Å². The lowest BCUT2D eigenvalue weighted by molar-refractivity contribution is 0.314. The van der Waals surface area contributed by atoms with Crippen LogP contribution < -0.4 is 18.9 Å². The van der Waals surface area contributed by atoms with Crippen LogP contribution in [0.3, 0.4) is 0 Å². The fourth-order valence-corrected chi connectivity index (χ4v) is 3.23. The summed E-state index contributed by atoms with van der Waals surface area (Å²) < 4.78 is 23.0. The van der Waals surface area contributed by atoms with Gasteiger partial charge in [0, 0.05) is 16.5 Å². The van der Waals surface area contributed by atoms with Crippen LogP contribution >= 0.6 is 0 Å². The lowest BCUT2D eigenvalue weighted by Gasteiger charge is -2.24. The van der Waals surface area contributed by atoms with E-state index in [0.29, 0.717) is 13.2 Å². The third kappa shape index (κ3) is 2.70. The van der Waals surface area contributed by atoms with E-state index in [0.717, 1.165) is 58.5 Å². The van der Waals surface area contributed by atoms with Crippen LogP contribution in [0.2, 0.25) is 0 Å². The lowest BCUT2D eigenvalue weighted by atomic mass is 9.78. The Bertz CT molecular complexity index is 756. The number of hydrogen-bond acceptors (Lipinski definition) is 4. The molecule has 0 aliphatic carbocycles. The summed E-state index contributed by atoms with van der Waals surface area (Å²) in [6.07, 6.45) is 1.97. The Labute approximate surface area is 148 Å². The van der Waals surface area contributed by atoms with Crippen LogP contribution in [0.15, 0.2) is 24.3 Å². The van der Waals surface area contributed by atoms with Crippen molar-refractivity contribution in [3.63, 3.8) is 0 Å². The second-order valence-corrected chi connectivity index (χ2v) is 7.07. The number of hydrogen-bond donors (Lipinski definition) is 0. The molecule has 0 N–H and O–H groups in total. The van der Waals surface area contributed by atoms with E-state index in [1.54, 1.807) is 0 Å². The molecule has 2 aromatic rings. The number of fused-ring (bicyclic) bond motifs is 2. The van der Waals surface area contributed by atoms with Crippen molar-refractivity contribution in [1.29, 1.82) is 0 Å². The standard InChI is InChI=1S/C21H24O4/c1-5-11-22-15-9-7-13(17-19(15)24-17)21(3,4)14-8-10-16(23-12-6-2)20-18(14)25-20/h7-10H,5-6,11-12H2,1-4H3. The van der Waals surface area contributed by atoms with E-state index in [-0.39, 0.29) is 5.41 Å². The van der Waals surface area contributed by atoms with Crippen molar-refractivity contribution in [3.05, 3.63) is 35.4 Å². The van der Waals surface area contributed by atoms with Crippen molar-refractivity contribution in [1.82, 2.24) is 0 Å². The molecule has 0 saturated carbocycles. The predicted octanol–water partition coefficient (Wildman–Crippen LogP) is 5.80. The van der Waals surface area contributed by atoms with Gasteiger partial charge >= 0.3 is 0 Å². The molecule has 0 spiro atoms. The average Bonchev–Trinajstić information content (AvgIpc) is 3.49. The summed E-state index contributed by atoms with van der Waals surface area (Å²) in [4.78, 5) is 0. The Morgan fingerprint density at radius 3 is 1.56 bits per heavy atom. The second-order valence-electron chi connectivity index (χ2n) is 7.07. The minimum Gasteiger partial charge on any atom is -0.490 e. The number of rotatable bonds is 8. The van der Waals surface area contributed by atoms with Crippen LogP contribution in [-0.2, 0) is 5.41 Å². The molecule has 0 radical (unpaired) electrons. The molecule has 0 atom stereocenters. The molecule has 0 unspecified atom stereocenters. The summed E-state index contributed by atoms with van der Waals surface area (Å²) >= 11 is 0. The largest absolute Gasteiger partial charge is 0.490 e. The van der Waals surface area contributed by atoms with Crippen LogP contribution in [0.4, 0.5) is 0 Å². The third-order valence-electron chi connectivity index (χ3n) is 4.75. The minimum absolute atomic E-state index is 0.215. The van der Waals surface area contributed by atoms with Crippen molar-refractivity contribution in [3.8, 4) is 34.5 Å². The zero-order valence-corrected chi connectivity index (χ0v) is 15.3. The number of ether oxygens (including phenoxy) is 4. The molecule has 0 aromatic heterocycles. The summed E-state index contributed by atoms with van der Waals surface area (Å²) in [6, 6.07) is 8.23. The van der Waals surface area contributed by atoms with Crippen LogP contribution in [0.25, 0.3) is 0 Å². The van der Waals surface area contributed by atoms with Crippen molar-refractivity contribution in [2.24, 2.45) is 0 Å². The van der Waals surface area contributed by atoms with Gasteiger partial charge in [0.05, 0.1) is 13.2 Å². The SMILES string of the molecule is CCCOc1ccc(C(C)(C)c2ccc(OCCC)c3c2O3)c2c1O2. The Morgan fingerprint density at radius 1 is 0.720 bits per heavy atom. The molecule has 0 saturated heterocycles. The van der Waals surface area contributed by atoms with Gasteiger partial charge in [-0.15, -0.1) is 0 Å². The van der Waals surface area contributed by atoms with Gasteiger partial charge in [0.2, 0.25) is 11.5 Å². The quantitative estimate of drug-likeness (QED) is 0.380. The first-order chi connectivity index (χ1) is 12.1. The van der Waals surface area contributed by atoms with Gasteiger partial charge in [0.1, 0.15) is 0 Å². The highest BCUT2D eigenvalue weighted by Crippen LogP contribution is 2.62. The van der Waals surface area contributed by atoms with Crippen LogP contribution in [0.5, 0.6) is 34.5 Å². The van der Waals surface area contributed by atoms with Gasteiger partial charge in [-0.3, -0.25) is 0 Å². The molecule has 0 fully saturated rings. The second kappa shape index (κ2) is 5.87. The molecule has 132 valence electrons. The molecule has 2 aliphatic heterocycles. The Balaban J connectivity index is 1.62. The first-order valence-electron chi connectivity index (χ1n) is 9.04. The first kappa shape index (κ1) is 16.1. The topological polar surface area (TPSA) is 43.5 Å². The Hall–Kier alpha value is -2.36. The third-order valence-corrected chi connectivity index (χ3v) is 4.75. The summed E-state index contributed by atoms with van der Waals surface area (Å²) in [5.74, 6) is 5.32. The normalized spacial score (nSPS) is 13.3. The van der Waals surface area contributed by atoms with Gasteiger partial charge in [-0.25, -0.2) is 0 Å². The summed E-state index contributed by atoms with van der Waals surface area (Å²) in [7, 11) is 0. The molecule has 4 rings (SSSR count). The Morgan fingerprint density at radius 2 is 1.16 bits per heavy atom. The van der Waals surface area contributed by atoms with E-state index in [1.807, 2.05) is 12.1 Å². The molecule has 2 aliphatic rings. The predicted molar refractivity (Wildman–Crippen MR) is 96.7 cm³/mol.